The van der Waals surface area contributed by atoms with Crippen LogP contribution in [0.2, 0.25) is 0 Å². The van der Waals surface area contributed by atoms with E-state index < -0.39 is 5.54 Å². The molecule has 0 aromatic rings. The molecule has 0 spiro atoms. The highest BCUT2D eigenvalue weighted by Crippen LogP contribution is 2.16. The molecule has 0 bridgehead atoms. The molecule has 11 heavy (non-hydrogen) atoms. The first kappa shape index (κ1) is 8.51. The van der Waals surface area contributed by atoms with E-state index in [2.05, 4.69) is 17.9 Å². The van der Waals surface area contributed by atoms with Gasteiger partial charge in [-0.2, -0.15) is 5.26 Å². The molecule has 3 nitrogen and oxygen atoms in total. The molecule has 1 unspecified atom stereocenters. The molecule has 0 aromatic carbocycles. The highest BCUT2D eigenvalue weighted by molar-refractivity contribution is 5.08. The van der Waals surface area contributed by atoms with E-state index in [-0.39, 0.29) is 0 Å². The van der Waals surface area contributed by atoms with Crippen LogP contribution in [0.3, 0.4) is 0 Å². The van der Waals surface area contributed by atoms with Crippen molar-refractivity contribution in [3.05, 3.63) is 0 Å². The number of nitrogens with zero attached hydrogens (tertiary/aromatic N) is 2. The smallest absolute Gasteiger partial charge is 0.117 e. The van der Waals surface area contributed by atoms with Gasteiger partial charge in [-0.1, -0.05) is 6.92 Å². The summed E-state index contributed by atoms with van der Waals surface area (Å²) >= 11 is 0. The Labute approximate surface area is 67.8 Å². The molecule has 0 aromatic heterocycles. The third kappa shape index (κ3) is 1.92. The van der Waals surface area contributed by atoms with E-state index in [1.807, 2.05) is 0 Å². The number of hydrogen-bond acceptors (Lipinski definition) is 3. The van der Waals surface area contributed by atoms with Crippen LogP contribution in [0.5, 0.6) is 0 Å². The number of nitriles is 1. The van der Waals surface area contributed by atoms with E-state index in [9.17, 15) is 0 Å². The first-order valence-electron chi connectivity index (χ1n) is 4.13. The molecule has 0 saturated carbocycles. The minimum Gasteiger partial charge on any atom is -0.312 e. The monoisotopic (exact) mass is 153 g/mol. The summed E-state index contributed by atoms with van der Waals surface area (Å²) in [5.41, 5.74) is 5.25. The normalized spacial score (nSPS) is 33.2. The molecule has 1 heterocycles. The molecule has 62 valence electrons. The predicted molar refractivity (Wildman–Crippen MR) is 43.9 cm³/mol. The molecule has 1 aliphatic heterocycles. The average Bonchev–Trinajstić information content (AvgIpc) is 2.05. The zero-order chi connectivity index (χ0) is 8.32. The summed E-state index contributed by atoms with van der Waals surface area (Å²) in [6, 6.07) is 2.18. The molecule has 1 fully saturated rings. The summed E-state index contributed by atoms with van der Waals surface area (Å²) in [4.78, 5) is 2.23. The Bertz CT molecular complexity index is 173. The van der Waals surface area contributed by atoms with Gasteiger partial charge in [0.1, 0.15) is 5.54 Å². The second kappa shape index (κ2) is 3.21. The molecule has 1 rings (SSSR count). The van der Waals surface area contributed by atoms with Crippen LogP contribution in [0.1, 0.15) is 19.8 Å². The largest absolute Gasteiger partial charge is 0.312 e. The van der Waals surface area contributed by atoms with Crippen LogP contribution < -0.4 is 5.73 Å². The number of likely N-dealkylation sites (N-methyl/N-ethyl adjacent to an activating group) is 1. The molecule has 2 N–H and O–H groups in total. The van der Waals surface area contributed by atoms with Crippen molar-refractivity contribution < 1.29 is 0 Å². The van der Waals surface area contributed by atoms with E-state index >= 15 is 0 Å². The molecule has 1 aliphatic rings. The van der Waals surface area contributed by atoms with Crippen LogP contribution in [0.25, 0.3) is 0 Å². The summed E-state index contributed by atoms with van der Waals surface area (Å²) in [5, 5.41) is 8.76. The van der Waals surface area contributed by atoms with Crippen molar-refractivity contribution in [2.75, 3.05) is 19.6 Å². The maximum atomic E-state index is 8.76. The van der Waals surface area contributed by atoms with Gasteiger partial charge in [0.15, 0.2) is 0 Å². The van der Waals surface area contributed by atoms with Crippen LogP contribution >= 0.6 is 0 Å². The Morgan fingerprint density at radius 2 is 2.45 bits per heavy atom. The Morgan fingerprint density at radius 1 is 1.73 bits per heavy atom. The fourth-order valence-electron chi connectivity index (χ4n) is 1.54. The lowest BCUT2D eigenvalue weighted by molar-refractivity contribution is 0.188. The van der Waals surface area contributed by atoms with Gasteiger partial charge >= 0.3 is 0 Å². The predicted octanol–water partition coefficient (Wildman–Crippen LogP) is 0.323. The van der Waals surface area contributed by atoms with Crippen molar-refractivity contribution in [3.8, 4) is 6.07 Å². The Balaban J connectivity index is 2.53. The van der Waals surface area contributed by atoms with E-state index in [0.717, 1.165) is 32.5 Å². The summed E-state index contributed by atoms with van der Waals surface area (Å²) in [7, 11) is 0. The molecular weight excluding hydrogens is 138 g/mol. The van der Waals surface area contributed by atoms with Crippen molar-refractivity contribution in [1.82, 2.24) is 4.90 Å². The first-order valence-corrected chi connectivity index (χ1v) is 4.13. The second-order valence-corrected chi connectivity index (χ2v) is 3.24. The highest BCUT2D eigenvalue weighted by atomic mass is 15.1. The van der Waals surface area contributed by atoms with Crippen LogP contribution in [0.15, 0.2) is 0 Å². The number of rotatable bonds is 1. The van der Waals surface area contributed by atoms with Crippen LogP contribution in [0.4, 0.5) is 0 Å². The zero-order valence-electron chi connectivity index (χ0n) is 7.01. The quantitative estimate of drug-likeness (QED) is 0.590. The van der Waals surface area contributed by atoms with Gasteiger partial charge in [-0.15, -0.1) is 0 Å². The Morgan fingerprint density at radius 3 is 3.00 bits per heavy atom. The van der Waals surface area contributed by atoms with Gasteiger partial charge in [-0.3, -0.25) is 0 Å². The van der Waals surface area contributed by atoms with Gasteiger partial charge in [0.2, 0.25) is 0 Å². The molecule has 0 amide bonds. The number of nitrogens with two attached hydrogens (primary N) is 1. The number of likely N-dealkylation sites (tertiary alicyclic amines) is 1. The zero-order valence-corrected chi connectivity index (χ0v) is 7.01. The molecular formula is C8H15N3. The Kier molecular flexibility index (Phi) is 2.48. The van der Waals surface area contributed by atoms with Gasteiger partial charge in [-0.05, 0) is 25.9 Å². The van der Waals surface area contributed by atoms with Gasteiger partial charge in [-0.25, -0.2) is 0 Å². The fourth-order valence-corrected chi connectivity index (χ4v) is 1.54. The number of piperidine rings is 1. The summed E-state index contributed by atoms with van der Waals surface area (Å²) < 4.78 is 0. The molecule has 0 radical (unpaired) electrons. The van der Waals surface area contributed by atoms with Gasteiger partial charge in [0, 0.05) is 6.54 Å². The maximum absolute atomic E-state index is 8.76. The minimum atomic E-state index is -0.575. The van der Waals surface area contributed by atoms with Crippen molar-refractivity contribution in [3.63, 3.8) is 0 Å². The first-order chi connectivity index (χ1) is 5.20. The van der Waals surface area contributed by atoms with Gasteiger partial charge in [0.05, 0.1) is 6.07 Å². The Hall–Kier alpha value is -0.590. The molecule has 3 heteroatoms. The van der Waals surface area contributed by atoms with Crippen LogP contribution in [-0.2, 0) is 0 Å². The summed E-state index contributed by atoms with van der Waals surface area (Å²) in [6.45, 7) is 4.93. The third-order valence-electron chi connectivity index (χ3n) is 2.27. The SMILES string of the molecule is CCN1CCCC(N)(C#N)C1. The third-order valence-corrected chi connectivity index (χ3v) is 2.27. The van der Waals surface area contributed by atoms with Crippen molar-refractivity contribution in [2.45, 2.75) is 25.3 Å². The number of hydrogen-bond donors (Lipinski definition) is 1. The van der Waals surface area contributed by atoms with Crippen molar-refractivity contribution in [2.24, 2.45) is 5.73 Å². The van der Waals surface area contributed by atoms with Gasteiger partial charge in [0.25, 0.3) is 0 Å². The lowest BCUT2D eigenvalue weighted by Crippen LogP contribution is -2.53. The van der Waals surface area contributed by atoms with E-state index in [1.165, 1.54) is 0 Å². The fraction of sp³-hybridized carbons (Fsp3) is 0.875. The van der Waals surface area contributed by atoms with Gasteiger partial charge < -0.3 is 10.6 Å². The topological polar surface area (TPSA) is 53.0 Å². The maximum Gasteiger partial charge on any atom is 0.117 e. The molecule has 1 saturated heterocycles. The van der Waals surface area contributed by atoms with E-state index in [4.69, 9.17) is 11.0 Å². The van der Waals surface area contributed by atoms with Crippen LogP contribution in [0, 0.1) is 11.3 Å². The molecule has 1 atom stereocenters. The summed E-state index contributed by atoms with van der Waals surface area (Å²) in [5.74, 6) is 0. The van der Waals surface area contributed by atoms with Crippen molar-refractivity contribution in [1.29, 1.82) is 5.26 Å². The average molecular weight is 153 g/mol. The lowest BCUT2D eigenvalue weighted by atomic mass is 9.92. The molecule has 0 aliphatic carbocycles. The minimum absolute atomic E-state index is 0.575. The standard InChI is InChI=1S/C8H15N3/c1-2-11-5-3-4-8(10,6-9)7-11/h2-5,7,10H2,1H3. The van der Waals surface area contributed by atoms with Crippen molar-refractivity contribution >= 4 is 0 Å². The highest BCUT2D eigenvalue weighted by Gasteiger charge is 2.30. The van der Waals surface area contributed by atoms with Crippen LogP contribution in [-0.4, -0.2) is 30.1 Å². The van der Waals surface area contributed by atoms with E-state index in [0.29, 0.717) is 0 Å². The van der Waals surface area contributed by atoms with E-state index in [1.54, 1.807) is 0 Å². The second-order valence-electron chi connectivity index (χ2n) is 3.24. The lowest BCUT2D eigenvalue weighted by Gasteiger charge is -2.34. The summed E-state index contributed by atoms with van der Waals surface area (Å²) in [6.07, 6.45) is 1.90.